The fourth-order valence-corrected chi connectivity index (χ4v) is 3.17. The number of fused-ring (bicyclic) bond motifs is 1. The van der Waals surface area contributed by atoms with Gasteiger partial charge >= 0.3 is 0 Å². The number of ketones is 1. The molecule has 1 aromatic rings. The lowest BCUT2D eigenvalue weighted by Crippen LogP contribution is -2.35. The molecule has 0 spiro atoms. The van der Waals surface area contributed by atoms with Gasteiger partial charge in [-0.25, -0.2) is 0 Å². The summed E-state index contributed by atoms with van der Waals surface area (Å²) in [5, 5.41) is 1.40. The maximum Gasteiger partial charge on any atom is 0.299 e. The van der Waals surface area contributed by atoms with Crippen molar-refractivity contribution in [3.05, 3.63) is 28.8 Å². The summed E-state index contributed by atoms with van der Waals surface area (Å²) in [5.74, 6) is -0.855. The van der Waals surface area contributed by atoms with Crippen LogP contribution in [-0.2, 0) is 4.79 Å². The van der Waals surface area contributed by atoms with Crippen molar-refractivity contribution in [3.8, 4) is 0 Å². The van der Waals surface area contributed by atoms with Crippen LogP contribution in [0.2, 0.25) is 5.02 Å². The van der Waals surface area contributed by atoms with Gasteiger partial charge in [0.05, 0.1) is 11.3 Å². The van der Waals surface area contributed by atoms with E-state index in [1.165, 1.54) is 0 Å². The summed E-state index contributed by atoms with van der Waals surface area (Å²) in [7, 11) is 0. The van der Waals surface area contributed by atoms with Crippen molar-refractivity contribution >= 4 is 44.9 Å². The summed E-state index contributed by atoms with van der Waals surface area (Å²) in [4.78, 5) is 25.5. The first kappa shape index (κ1) is 12.2. The molecule has 0 atom stereocenters. The highest BCUT2D eigenvalue weighted by Crippen LogP contribution is 2.49. The minimum Gasteiger partial charge on any atom is -0.304 e. The second kappa shape index (κ2) is 4.07. The fraction of sp³-hybridized carbons (Fsp3) is 0.385. The standard InChI is InChI=1S/C13H11BrClNO2/c14-6-13(3-4-13)7-16-10-5-8(15)1-2-9(10)11(17)12(16)18/h1-2,5H,3-4,6-7H2. The third-order valence-electron chi connectivity index (χ3n) is 3.67. The molecule has 3 rings (SSSR count). The number of hydrogen-bond acceptors (Lipinski definition) is 2. The summed E-state index contributed by atoms with van der Waals surface area (Å²) in [5.41, 5.74) is 1.26. The maximum atomic E-state index is 12.0. The lowest BCUT2D eigenvalue weighted by atomic mass is 10.1. The number of rotatable bonds is 3. The van der Waals surface area contributed by atoms with Gasteiger partial charge in [-0.1, -0.05) is 27.5 Å². The number of alkyl halides is 1. The molecule has 1 heterocycles. The largest absolute Gasteiger partial charge is 0.304 e. The summed E-state index contributed by atoms with van der Waals surface area (Å²) >= 11 is 9.43. The van der Waals surface area contributed by atoms with E-state index in [-0.39, 0.29) is 5.41 Å². The van der Waals surface area contributed by atoms with Gasteiger partial charge in [-0.15, -0.1) is 0 Å². The fourth-order valence-electron chi connectivity index (χ4n) is 2.27. The summed E-state index contributed by atoms with van der Waals surface area (Å²) in [6.07, 6.45) is 2.18. The van der Waals surface area contributed by atoms with Crippen LogP contribution in [-0.4, -0.2) is 23.6 Å². The van der Waals surface area contributed by atoms with E-state index in [1.54, 1.807) is 23.1 Å². The van der Waals surface area contributed by atoms with Crippen LogP contribution in [0.5, 0.6) is 0 Å². The molecular formula is C13H11BrClNO2. The predicted molar refractivity (Wildman–Crippen MR) is 73.6 cm³/mol. The molecule has 2 aliphatic rings. The molecule has 0 N–H and O–H groups in total. The highest BCUT2D eigenvalue weighted by atomic mass is 79.9. The number of benzene rings is 1. The van der Waals surface area contributed by atoms with Crippen LogP contribution in [0.3, 0.4) is 0 Å². The van der Waals surface area contributed by atoms with E-state index in [1.807, 2.05) is 0 Å². The Morgan fingerprint density at radius 2 is 2.06 bits per heavy atom. The van der Waals surface area contributed by atoms with Crippen LogP contribution < -0.4 is 4.90 Å². The Morgan fingerprint density at radius 1 is 1.33 bits per heavy atom. The molecule has 1 fully saturated rings. The molecule has 1 saturated carbocycles. The molecular weight excluding hydrogens is 318 g/mol. The number of halogens is 2. The molecule has 0 radical (unpaired) electrons. The van der Waals surface area contributed by atoms with Gasteiger partial charge < -0.3 is 4.90 Å². The first-order valence-electron chi connectivity index (χ1n) is 5.78. The Labute approximate surface area is 118 Å². The normalized spacial score (nSPS) is 20.2. The zero-order valence-corrected chi connectivity index (χ0v) is 11.9. The topological polar surface area (TPSA) is 37.4 Å². The number of hydrogen-bond donors (Lipinski definition) is 0. The minimum absolute atomic E-state index is 0.139. The van der Waals surface area contributed by atoms with E-state index in [4.69, 9.17) is 11.6 Å². The Hall–Kier alpha value is -0.870. The molecule has 0 saturated heterocycles. The molecule has 0 aromatic heterocycles. The van der Waals surface area contributed by atoms with Gasteiger partial charge in [-0.05, 0) is 36.5 Å². The van der Waals surface area contributed by atoms with E-state index in [0.717, 1.165) is 18.2 Å². The van der Waals surface area contributed by atoms with Crippen molar-refractivity contribution in [2.75, 3.05) is 16.8 Å². The third kappa shape index (κ3) is 1.79. The van der Waals surface area contributed by atoms with Gasteiger partial charge in [0.25, 0.3) is 11.7 Å². The SMILES string of the molecule is O=C1C(=O)N(CC2(CBr)CC2)c2cc(Cl)ccc21. The van der Waals surface area contributed by atoms with Crippen molar-refractivity contribution in [2.24, 2.45) is 5.41 Å². The summed E-state index contributed by atoms with van der Waals surface area (Å²) in [6, 6.07) is 4.97. The third-order valence-corrected chi connectivity index (χ3v) is 5.09. The van der Waals surface area contributed by atoms with E-state index in [2.05, 4.69) is 15.9 Å². The second-order valence-corrected chi connectivity index (χ2v) is 6.01. The summed E-state index contributed by atoms with van der Waals surface area (Å²) in [6.45, 7) is 0.593. The highest BCUT2D eigenvalue weighted by Gasteiger charge is 2.47. The number of carbonyl (C=O) groups is 2. The Bertz CT molecular complexity index is 554. The van der Waals surface area contributed by atoms with Crippen LogP contribution in [0.1, 0.15) is 23.2 Å². The zero-order chi connectivity index (χ0) is 12.9. The monoisotopic (exact) mass is 327 g/mol. The molecule has 94 valence electrons. The van der Waals surface area contributed by atoms with Gasteiger partial charge in [-0.2, -0.15) is 0 Å². The molecule has 3 nitrogen and oxygen atoms in total. The van der Waals surface area contributed by atoms with Crippen molar-refractivity contribution in [3.63, 3.8) is 0 Å². The average Bonchev–Trinajstić information content (AvgIpc) is 3.10. The van der Waals surface area contributed by atoms with Gasteiger partial charge in [0, 0.05) is 16.9 Å². The van der Waals surface area contributed by atoms with E-state index in [9.17, 15) is 9.59 Å². The average molecular weight is 329 g/mol. The first-order valence-corrected chi connectivity index (χ1v) is 7.28. The van der Waals surface area contributed by atoms with Crippen LogP contribution in [0.4, 0.5) is 5.69 Å². The number of nitrogens with zero attached hydrogens (tertiary/aromatic N) is 1. The van der Waals surface area contributed by atoms with Crippen molar-refractivity contribution in [1.82, 2.24) is 0 Å². The second-order valence-electron chi connectivity index (χ2n) is 5.02. The Kier molecular flexibility index (Phi) is 2.75. The summed E-state index contributed by atoms with van der Waals surface area (Å²) < 4.78 is 0. The quantitative estimate of drug-likeness (QED) is 0.632. The molecule has 1 amide bonds. The molecule has 1 aromatic carbocycles. The Balaban J connectivity index is 1.99. The first-order chi connectivity index (χ1) is 8.56. The van der Waals surface area contributed by atoms with Crippen LogP contribution in [0.15, 0.2) is 18.2 Å². The van der Waals surface area contributed by atoms with Gasteiger partial charge in [-0.3, -0.25) is 9.59 Å². The van der Waals surface area contributed by atoms with Gasteiger partial charge in [0.2, 0.25) is 0 Å². The number of amides is 1. The van der Waals surface area contributed by atoms with Gasteiger partial charge in [0.1, 0.15) is 0 Å². The molecule has 5 heteroatoms. The van der Waals surface area contributed by atoms with Gasteiger partial charge in [0.15, 0.2) is 0 Å². The molecule has 18 heavy (non-hydrogen) atoms. The van der Waals surface area contributed by atoms with Crippen LogP contribution in [0, 0.1) is 5.41 Å². The lowest BCUT2D eigenvalue weighted by Gasteiger charge is -2.22. The van der Waals surface area contributed by atoms with E-state index >= 15 is 0 Å². The number of anilines is 1. The zero-order valence-electron chi connectivity index (χ0n) is 9.58. The van der Waals surface area contributed by atoms with Crippen LogP contribution >= 0.6 is 27.5 Å². The molecule has 1 aliphatic heterocycles. The predicted octanol–water partition coefficient (Wildman–Crippen LogP) is 3.04. The molecule has 0 unspecified atom stereocenters. The minimum atomic E-state index is -0.431. The van der Waals surface area contributed by atoms with Crippen molar-refractivity contribution in [2.45, 2.75) is 12.8 Å². The molecule has 0 bridgehead atoms. The lowest BCUT2D eigenvalue weighted by molar-refractivity contribution is -0.114. The van der Waals surface area contributed by atoms with E-state index in [0.29, 0.717) is 22.8 Å². The van der Waals surface area contributed by atoms with Crippen molar-refractivity contribution < 1.29 is 9.59 Å². The smallest absolute Gasteiger partial charge is 0.299 e. The number of Topliss-reactive ketones (excluding diaryl/α,β-unsaturated/α-hetero) is 1. The Morgan fingerprint density at radius 3 is 2.67 bits per heavy atom. The maximum absolute atomic E-state index is 12.0. The molecule has 1 aliphatic carbocycles. The number of carbonyl (C=O) groups excluding carboxylic acids is 2. The van der Waals surface area contributed by atoms with Crippen LogP contribution in [0.25, 0.3) is 0 Å². The highest BCUT2D eigenvalue weighted by molar-refractivity contribution is 9.09. The van der Waals surface area contributed by atoms with E-state index < -0.39 is 11.7 Å². The van der Waals surface area contributed by atoms with Crippen molar-refractivity contribution in [1.29, 1.82) is 0 Å².